The van der Waals surface area contributed by atoms with E-state index in [1.165, 1.54) is 25.9 Å². The van der Waals surface area contributed by atoms with E-state index in [-0.39, 0.29) is 0 Å². The second kappa shape index (κ2) is 2.91. The Labute approximate surface area is 66.9 Å². The molecule has 0 amide bonds. The highest BCUT2D eigenvalue weighted by atomic mass is 15.1. The van der Waals surface area contributed by atoms with Crippen LogP contribution < -0.4 is 0 Å². The van der Waals surface area contributed by atoms with Crippen molar-refractivity contribution in [3.63, 3.8) is 0 Å². The number of allylic oxidation sites excluding steroid dienone is 2. The lowest BCUT2D eigenvalue weighted by atomic mass is 10.4. The molecule has 0 bridgehead atoms. The fourth-order valence-corrected chi connectivity index (χ4v) is 1.45. The van der Waals surface area contributed by atoms with Crippen LogP contribution in [0.3, 0.4) is 0 Å². The topological polar surface area (TPSA) is 15.6 Å². The molecule has 2 heteroatoms. The molecule has 11 heavy (non-hydrogen) atoms. The number of hydrogen-bond donors (Lipinski definition) is 0. The first-order valence-corrected chi connectivity index (χ1v) is 4.12. The summed E-state index contributed by atoms with van der Waals surface area (Å²) in [7, 11) is 0. The smallest absolute Gasteiger partial charge is 0.0788 e. The van der Waals surface area contributed by atoms with E-state index in [4.69, 9.17) is 0 Å². The van der Waals surface area contributed by atoms with Crippen molar-refractivity contribution < 1.29 is 0 Å². The quantitative estimate of drug-likeness (QED) is 0.551. The van der Waals surface area contributed by atoms with E-state index in [0.717, 1.165) is 5.70 Å². The van der Waals surface area contributed by atoms with Crippen molar-refractivity contribution in [1.29, 1.82) is 0 Å². The maximum absolute atomic E-state index is 4.18. The van der Waals surface area contributed by atoms with Crippen LogP contribution in [0.1, 0.15) is 12.8 Å². The molecular weight excluding hydrogens is 136 g/mol. The number of hydrogen-bond acceptors (Lipinski definition) is 2. The van der Waals surface area contributed by atoms with E-state index < -0.39 is 0 Å². The van der Waals surface area contributed by atoms with Gasteiger partial charge in [0.1, 0.15) is 0 Å². The van der Waals surface area contributed by atoms with Crippen molar-refractivity contribution in [2.24, 2.45) is 4.99 Å². The summed E-state index contributed by atoms with van der Waals surface area (Å²) in [5.41, 5.74) is 1.09. The van der Waals surface area contributed by atoms with Gasteiger partial charge in [0, 0.05) is 25.5 Å². The van der Waals surface area contributed by atoms with Crippen LogP contribution in [0, 0.1) is 0 Å². The molecule has 2 nitrogen and oxygen atoms in total. The van der Waals surface area contributed by atoms with Gasteiger partial charge in [0.15, 0.2) is 0 Å². The molecule has 2 rings (SSSR count). The molecule has 0 saturated carbocycles. The van der Waals surface area contributed by atoms with Gasteiger partial charge in [-0.25, -0.2) is 0 Å². The lowest BCUT2D eigenvalue weighted by Gasteiger charge is -2.10. The van der Waals surface area contributed by atoms with Crippen molar-refractivity contribution in [3.8, 4) is 0 Å². The zero-order valence-corrected chi connectivity index (χ0v) is 6.53. The summed E-state index contributed by atoms with van der Waals surface area (Å²) in [6.07, 6.45) is 10.7. The fourth-order valence-electron chi connectivity index (χ4n) is 1.45. The number of likely N-dealkylation sites (tertiary alicyclic amines) is 1. The van der Waals surface area contributed by atoms with Crippen LogP contribution >= 0.6 is 0 Å². The van der Waals surface area contributed by atoms with Crippen molar-refractivity contribution in [2.45, 2.75) is 12.8 Å². The van der Waals surface area contributed by atoms with Crippen LogP contribution in [0.25, 0.3) is 0 Å². The molecule has 2 aliphatic rings. The van der Waals surface area contributed by atoms with Crippen molar-refractivity contribution in [3.05, 3.63) is 24.0 Å². The normalized spacial score (nSPS) is 25.8. The van der Waals surface area contributed by atoms with Crippen LogP contribution in [0.5, 0.6) is 0 Å². The minimum Gasteiger partial charge on any atom is -0.376 e. The zero-order chi connectivity index (χ0) is 7.52. The van der Waals surface area contributed by atoms with Crippen LogP contribution in [-0.2, 0) is 0 Å². The molecule has 0 aromatic rings. The third-order valence-corrected chi connectivity index (χ3v) is 2.03. The van der Waals surface area contributed by atoms with Crippen LogP contribution in [-0.4, -0.2) is 24.2 Å². The van der Waals surface area contributed by atoms with E-state index in [2.05, 4.69) is 16.1 Å². The molecule has 0 N–H and O–H groups in total. The molecule has 0 aliphatic carbocycles. The van der Waals surface area contributed by atoms with Crippen molar-refractivity contribution in [2.75, 3.05) is 13.1 Å². The number of nitrogens with zero attached hydrogens (tertiary/aromatic N) is 2. The molecule has 0 unspecified atom stereocenters. The summed E-state index contributed by atoms with van der Waals surface area (Å²) in [6, 6.07) is 0. The van der Waals surface area contributed by atoms with Crippen LogP contribution in [0.15, 0.2) is 29.0 Å². The summed E-state index contributed by atoms with van der Waals surface area (Å²) in [5.74, 6) is 0. The van der Waals surface area contributed by atoms with E-state index in [1.54, 1.807) is 0 Å². The van der Waals surface area contributed by atoms with Crippen molar-refractivity contribution in [1.82, 2.24) is 4.90 Å². The average Bonchev–Trinajstić information content (AvgIpc) is 2.60. The van der Waals surface area contributed by atoms with Gasteiger partial charge in [0.25, 0.3) is 0 Å². The Balaban J connectivity index is 2.01. The number of aliphatic imine (C=N–C) groups is 1. The summed E-state index contributed by atoms with van der Waals surface area (Å²) in [5, 5.41) is 0. The molecule has 0 aromatic carbocycles. The maximum atomic E-state index is 4.18. The van der Waals surface area contributed by atoms with Gasteiger partial charge in [0.2, 0.25) is 0 Å². The molecule has 0 aromatic heterocycles. The van der Waals surface area contributed by atoms with E-state index in [9.17, 15) is 0 Å². The van der Waals surface area contributed by atoms with Gasteiger partial charge in [-0.2, -0.15) is 0 Å². The molecule has 0 spiro atoms. The standard InChI is InChI=1S/C9H12N2/c1-2-7-11(6-1)8-9-4-3-5-10-9/h3-5,8H,1-2,6-7H2/b9-8+. The minimum atomic E-state index is 1.09. The Morgan fingerprint density at radius 3 is 2.82 bits per heavy atom. The summed E-state index contributed by atoms with van der Waals surface area (Å²) >= 11 is 0. The van der Waals surface area contributed by atoms with E-state index in [1.807, 2.05) is 18.4 Å². The van der Waals surface area contributed by atoms with Crippen LogP contribution in [0.4, 0.5) is 0 Å². The van der Waals surface area contributed by atoms with E-state index in [0.29, 0.717) is 0 Å². The molecule has 2 heterocycles. The van der Waals surface area contributed by atoms with Crippen LogP contribution in [0.2, 0.25) is 0 Å². The maximum Gasteiger partial charge on any atom is 0.0788 e. The number of rotatable bonds is 1. The Hall–Kier alpha value is -1.05. The third kappa shape index (κ3) is 1.50. The highest BCUT2D eigenvalue weighted by Crippen LogP contribution is 2.12. The molecule has 1 saturated heterocycles. The highest BCUT2D eigenvalue weighted by molar-refractivity contribution is 5.76. The van der Waals surface area contributed by atoms with Gasteiger partial charge < -0.3 is 4.90 Å². The Bertz CT molecular complexity index is 206. The predicted octanol–water partition coefficient (Wildman–Crippen LogP) is 1.56. The monoisotopic (exact) mass is 148 g/mol. The highest BCUT2D eigenvalue weighted by Gasteiger charge is 2.07. The van der Waals surface area contributed by atoms with Gasteiger partial charge in [-0.05, 0) is 25.0 Å². The SMILES string of the molecule is C1=C/C(=C\N2CCCC2)N=C1. The fraction of sp³-hybridized carbons (Fsp3) is 0.444. The predicted molar refractivity (Wildman–Crippen MR) is 46.5 cm³/mol. The minimum absolute atomic E-state index is 1.09. The van der Waals surface area contributed by atoms with Gasteiger partial charge in [0.05, 0.1) is 5.70 Å². The van der Waals surface area contributed by atoms with Gasteiger partial charge in [-0.15, -0.1) is 0 Å². The lowest BCUT2D eigenvalue weighted by molar-refractivity contribution is 0.465. The van der Waals surface area contributed by atoms with Crippen molar-refractivity contribution >= 4 is 6.21 Å². The first-order chi connectivity index (χ1) is 5.45. The molecule has 1 fully saturated rings. The third-order valence-electron chi connectivity index (χ3n) is 2.03. The van der Waals surface area contributed by atoms with Gasteiger partial charge in [-0.3, -0.25) is 4.99 Å². The Morgan fingerprint density at radius 1 is 1.36 bits per heavy atom. The average molecular weight is 148 g/mol. The summed E-state index contributed by atoms with van der Waals surface area (Å²) < 4.78 is 0. The Kier molecular flexibility index (Phi) is 1.76. The zero-order valence-electron chi connectivity index (χ0n) is 6.53. The first kappa shape index (κ1) is 6.65. The van der Waals surface area contributed by atoms with E-state index >= 15 is 0 Å². The largest absolute Gasteiger partial charge is 0.376 e. The molecule has 2 aliphatic heterocycles. The molecule has 0 radical (unpaired) electrons. The molecule has 58 valence electrons. The second-order valence-electron chi connectivity index (χ2n) is 2.93. The molecule has 0 atom stereocenters. The Morgan fingerprint density at radius 2 is 2.18 bits per heavy atom. The van der Waals surface area contributed by atoms with Gasteiger partial charge in [-0.1, -0.05) is 0 Å². The lowest BCUT2D eigenvalue weighted by Crippen LogP contribution is -2.10. The first-order valence-electron chi connectivity index (χ1n) is 4.12. The molecular formula is C9H12N2. The van der Waals surface area contributed by atoms with Gasteiger partial charge >= 0.3 is 0 Å². The summed E-state index contributed by atoms with van der Waals surface area (Å²) in [4.78, 5) is 6.52. The summed E-state index contributed by atoms with van der Waals surface area (Å²) in [6.45, 7) is 2.40. The second-order valence-corrected chi connectivity index (χ2v) is 2.93.